The molecule has 26 heavy (non-hydrogen) atoms. The number of carboxylic acid groups (broad SMARTS) is 1. The molecule has 1 aliphatic carbocycles. The van der Waals surface area contributed by atoms with Gasteiger partial charge >= 0.3 is 12.1 Å². The van der Waals surface area contributed by atoms with E-state index in [1.807, 2.05) is 0 Å². The van der Waals surface area contributed by atoms with Gasteiger partial charge in [-0.25, -0.2) is 4.98 Å². The highest BCUT2D eigenvalue weighted by Gasteiger charge is 2.43. The molecule has 0 radical (unpaired) electrons. The average molecular weight is 392 g/mol. The maximum atomic E-state index is 12.7. The van der Waals surface area contributed by atoms with Crippen LogP contribution in [0.15, 0.2) is 12.3 Å². The molecule has 0 spiro atoms. The van der Waals surface area contributed by atoms with Crippen LogP contribution < -0.4 is 4.90 Å². The molecule has 0 bridgehead atoms. The SMILES string of the molecule is O=C(O)C1CCC1C(=O)N1CCN(c2ncc(C(F)(F)F)cc2Cl)CC1. The minimum Gasteiger partial charge on any atom is -0.481 e. The molecule has 2 atom stereocenters. The Morgan fingerprint density at radius 2 is 1.77 bits per heavy atom. The van der Waals surface area contributed by atoms with Crippen molar-refractivity contribution in [3.8, 4) is 0 Å². The summed E-state index contributed by atoms with van der Waals surface area (Å²) in [5.74, 6) is -1.97. The first kappa shape index (κ1) is 18.8. The highest BCUT2D eigenvalue weighted by Crippen LogP contribution is 2.37. The lowest BCUT2D eigenvalue weighted by molar-refractivity contribution is -0.156. The number of nitrogens with zero attached hydrogens (tertiary/aromatic N) is 3. The van der Waals surface area contributed by atoms with Gasteiger partial charge < -0.3 is 14.9 Å². The number of aromatic nitrogens is 1. The van der Waals surface area contributed by atoms with Crippen LogP contribution in [0.1, 0.15) is 18.4 Å². The van der Waals surface area contributed by atoms with Crippen molar-refractivity contribution >= 4 is 29.3 Å². The summed E-state index contributed by atoms with van der Waals surface area (Å²) < 4.78 is 38.1. The highest BCUT2D eigenvalue weighted by atomic mass is 35.5. The summed E-state index contributed by atoms with van der Waals surface area (Å²) in [5.41, 5.74) is -0.912. The first-order valence-electron chi connectivity index (χ1n) is 8.17. The zero-order chi connectivity index (χ0) is 19.1. The Morgan fingerprint density at radius 1 is 1.15 bits per heavy atom. The van der Waals surface area contributed by atoms with Crippen LogP contribution >= 0.6 is 11.6 Å². The molecular formula is C16H17ClF3N3O3. The molecule has 2 heterocycles. The number of halogens is 4. The van der Waals surface area contributed by atoms with E-state index in [4.69, 9.17) is 16.7 Å². The van der Waals surface area contributed by atoms with Crippen molar-refractivity contribution in [1.82, 2.24) is 9.88 Å². The Bertz CT molecular complexity index is 720. The van der Waals surface area contributed by atoms with E-state index in [1.165, 1.54) is 0 Å². The second-order valence-electron chi connectivity index (χ2n) is 6.47. The van der Waals surface area contributed by atoms with Crippen LogP contribution in [0.25, 0.3) is 0 Å². The highest BCUT2D eigenvalue weighted by molar-refractivity contribution is 6.33. The van der Waals surface area contributed by atoms with Crippen molar-refractivity contribution in [2.75, 3.05) is 31.1 Å². The molecule has 1 saturated carbocycles. The number of aliphatic carboxylic acids is 1. The first-order chi connectivity index (χ1) is 12.2. The van der Waals surface area contributed by atoms with Gasteiger partial charge in [0.2, 0.25) is 5.91 Å². The summed E-state index contributed by atoms with van der Waals surface area (Å²) in [4.78, 5) is 30.7. The first-order valence-corrected chi connectivity index (χ1v) is 8.55. The Morgan fingerprint density at radius 3 is 2.23 bits per heavy atom. The number of carbonyl (C=O) groups is 2. The predicted molar refractivity (Wildman–Crippen MR) is 86.9 cm³/mol. The van der Waals surface area contributed by atoms with Crippen LogP contribution in [-0.2, 0) is 15.8 Å². The largest absolute Gasteiger partial charge is 0.481 e. The van der Waals surface area contributed by atoms with Crippen LogP contribution in [0, 0.1) is 11.8 Å². The average Bonchev–Trinajstić information content (AvgIpc) is 2.52. The van der Waals surface area contributed by atoms with Crippen molar-refractivity contribution in [1.29, 1.82) is 0 Å². The number of amides is 1. The standard InChI is InChI=1S/C16H17ClF3N3O3/c17-12-7-9(16(18,19)20)8-21-13(12)22-3-5-23(6-4-22)14(24)10-1-2-11(10)15(25)26/h7-8,10-11H,1-6H2,(H,25,26). The van der Waals surface area contributed by atoms with E-state index in [1.54, 1.807) is 9.80 Å². The van der Waals surface area contributed by atoms with Gasteiger partial charge in [0, 0.05) is 32.4 Å². The summed E-state index contributed by atoms with van der Waals surface area (Å²) >= 11 is 5.95. The summed E-state index contributed by atoms with van der Waals surface area (Å²) in [6, 6.07) is 0.841. The summed E-state index contributed by atoms with van der Waals surface area (Å²) in [7, 11) is 0. The van der Waals surface area contributed by atoms with Crippen LogP contribution in [0.4, 0.5) is 19.0 Å². The fourth-order valence-electron chi connectivity index (χ4n) is 3.28. The smallest absolute Gasteiger partial charge is 0.417 e. The van der Waals surface area contributed by atoms with Crippen LogP contribution in [0.3, 0.4) is 0 Å². The van der Waals surface area contributed by atoms with Crippen LogP contribution in [-0.4, -0.2) is 53.0 Å². The Kier molecular flexibility index (Phi) is 5.01. The third-order valence-electron chi connectivity index (χ3n) is 4.95. The van der Waals surface area contributed by atoms with Crippen molar-refractivity contribution < 1.29 is 27.9 Å². The second-order valence-corrected chi connectivity index (χ2v) is 6.88. The van der Waals surface area contributed by atoms with Gasteiger partial charge in [0.25, 0.3) is 0 Å². The molecular weight excluding hydrogens is 375 g/mol. The lowest BCUT2D eigenvalue weighted by Crippen LogP contribution is -2.53. The number of rotatable bonds is 3. The normalized spacial score (nSPS) is 23.5. The maximum absolute atomic E-state index is 12.7. The minimum absolute atomic E-state index is 0.0930. The molecule has 2 aliphatic rings. The Labute approximate surface area is 152 Å². The Balaban J connectivity index is 1.62. The zero-order valence-corrected chi connectivity index (χ0v) is 14.4. The number of hydrogen-bond donors (Lipinski definition) is 1. The van der Waals surface area contributed by atoms with E-state index in [0.29, 0.717) is 39.0 Å². The molecule has 142 valence electrons. The van der Waals surface area contributed by atoms with E-state index in [2.05, 4.69) is 4.98 Å². The lowest BCUT2D eigenvalue weighted by atomic mass is 9.73. The molecule has 3 rings (SSSR count). The van der Waals surface area contributed by atoms with Gasteiger partial charge in [0.15, 0.2) is 0 Å². The van der Waals surface area contributed by atoms with Gasteiger partial charge in [-0.2, -0.15) is 13.2 Å². The van der Waals surface area contributed by atoms with Gasteiger partial charge in [-0.15, -0.1) is 0 Å². The fraction of sp³-hybridized carbons (Fsp3) is 0.562. The van der Waals surface area contributed by atoms with Crippen LogP contribution in [0.2, 0.25) is 5.02 Å². The van der Waals surface area contributed by atoms with E-state index in [-0.39, 0.29) is 16.7 Å². The molecule has 1 saturated heterocycles. The van der Waals surface area contributed by atoms with Crippen molar-refractivity contribution in [3.05, 3.63) is 22.8 Å². The third kappa shape index (κ3) is 3.58. The maximum Gasteiger partial charge on any atom is 0.417 e. The van der Waals surface area contributed by atoms with E-state index >= 15 is 0 Å². The van der Waals surface area contributed by atoms with Crippen molar-refractivity contribution in [3.63, 3.8) is 0 Å². The van der Waals surface area contributed by atoms with Gasteiger partial charge in [0.05, 0.1) is 22.4 Å². The number of hydrogen-bond acceptors (Lipinski definition) is 4. The van der Waals surface area contributed by atoms with E-state index in [9.17, 15) is 22.8 Å². The molecule has 0 aromatic carbocycles. The molecule has 1 aromatic heterocycles. The molecule has 10 heteroatoms. The van der Waals surface area contributed by atoms with Crippen LogP contribution in [0.5, 0.6) is 0 Å². The molecule has 1 N–H and O–H groups in total. The number of pyridine rings is 1. The predicted octanol–water partition coefficient (Wildman–Crippen LogP) is 2.51. The second kappa shape index (κ2) is 6.94. The van der Waals surface area contributed by atoms with Gasteiger partial charge in [-0.1, -0.05) is 11.6 Å². The number of piperazine rings is 1. The third-order valence-corrected chi connectivity index (χ3v) is 5.23. The van der Waals surface area contributed by atoms with Gasteiger partial charge in [-0.3, -0.25) is 9.59 Å². The van der Waals surface area contributed by atoms with Gasteiger partial charge in [-0.05, 0) is 18.9 Å². The molecule has 1 aromatic rings. The molecule has 2 unspecified atom stereocenters. The molecule has 1 amide bonds. The summed E-state index contributed by atoms with van der Waals surface area (Å²) in [5, 5.41) is 8.98. The van der Waals surface area contributed by atoms with E-state index in [0.717, 1.165) is 12.3 Å². The number of carbonyl (C=O) groups excluding carboxylic acids is 1. The Hall–Kier alpha value is -2.03. The summed E-state index contributed by atoms with van der Waals surface area (Å²) in [6.45, 7) is 1.43. The van der Waals surface area contributed by atoms with Gasteiger partial charge in [0.1, 0.15) is 5.82 Å². The monoisotopic (exact) mass is 391 g/mol. The quantitative estimate of drug-likeness (QED) is 0.857. The number of carboxylic acids is 1. The molecule has 1 aliphatic heterocycles. The lowest BCUT2D eigenvalue weighted by Gasteiger charge is -2.40. The topological polar surface area (TPSA) is 73.7 Å². The van der Waals surface area contributed by atoms with E-state index < -0.39 is 29.5 Å². The zero-order valence-electron chi connectivity index (χ0n) is 13.7. The number of alkyl halides is 3. The van der Waals surface area contributed by atoms with Crippen molar-refractivity contribution in [2.24, 2.45) is 11.8 Å². The fourth-order valence-corrected chi connectivity index (χ4v) is 3.57. The number of anilines is 1. The summed E-state index contributed by atoms with van der Waals surface area (Å²) in [6.07, 6.45) is -2.69. The molecule has 2 fully saturated rings. The minimum atomic E-state index is -4.51. The molecule has 6 nitrogen and oxygen atoms in total. The van der Waals surface area contributed by atoms with Crippen molar-refractivity contribution in [2.45, 2.75) is 19.0 Å².